The molecule has 0 amide bonds. The van der Waals surface area contributed by atoms with E-state index in [2.05, 4.69) is 45.6 Å². The van der Waals surface area contributed by atoms with E-state index >= 15 is 0 Å². The lowest BCUT2D eigenvalue weighted by molar-refractivity contribution is 0.205. The van der Waals surface area contributed by atoms with E-state index in [1.165, 1.54) is 12.8 Å². The summed E-state index contributed by atoms with van der Waals surface area (Å²) in [5.74, 6) is 1.44. The molecule has 2 nitrogen and oxygen atoms in total. The lowest BCUT2D eigenvalue weighted by atomic mass is 10.1. The Morgan fingerprint density at radius 1 is 1.00 bits per heavy atom. The standard InChI is InChI=1S/C14H28N2/c1-6-14(11-15)16(9-7-12(2)3)10-8-13(4)5/h12-14H,6-10H2,1-5H3. The van der Waals surface area contributed by atoms with Gasteiger partial charge in [-0.15, -0.1) is 0 Å². The van der Waals surface area contributed by atoms with E-state index in [0.717, 1.165) is 31.3 Å². The Morgan fingerprint density at radius 2 is 1.44 bits per heavy atom. The zero-order valence-electron chi connectivity index (χ0n) is 11.7. The molecule has 0 aromatic rings. The Hall–Kier alpha value is -0.550. The van der Waals surface area contributed by atoms with Gasteiger partial charge in [-0.25, -0.2) is 0 Å². The largest absolute Gasteiger partial charge is 0.288 e. The average molecular weight is 224 g/mol. The highest BCUT2D eigenvalue weighted by Crippen LogP contribution is 2.11. The molecule has 1 unspecified atom stereocenters. The highest BCUT2D eigenvalue weighted by atomic mass is 15.1. The molecule has 1 atom stereocenters. The second-order valence-corrected chi connectivity index (χ2v) is 5.45. The van der Waals surface area contributed by atoms with Crippen LogP contribution in [0.5, 0.6) is 0 Å². The molecule has 0 radical (unpaired) electrons. The van der Waals surface area contributed by atoms with Gasteiger partial charge in [0.1, 0.15) is 0 Å². The number of hydrogen-bond acceptors (Lipinski definition) is 2. The Balaban J connectivity index is 4.20. The molecule has 0 rings (SSSR count). The fourth-order valence-electron chi connectivity index (χ4n) is 1.70. The lowest BCUT2D eigenvalue weighted by Gasteiger charge is -2.27. The number of nitrogens with zero attached hydrogens (tertiary/aromatic N) is 2. The first-order chi connectivity index (χ1) is 7.51. The van der Waals surface area contributed by atoms with E-state index in [-0.39, 0.29) is 6.04 Å². The van der Waals surface area contributed by atoms with Crippen LogP contribution in [0.4, 0.5) is 0 Å². The Kier molecular flexibility index (Phi) is 8.29. The maximum absolute atomic E-state index is 9.14. The highest BCUT2D eigenvalue weighted by molar-refractivity contribution is 4.90. The van der Waals surface area contributed by atoms with Gasteiger partial charge in [0.15, 0.2) is 0 Å². The van der Waals surface area contributed by atoms with Crippen molar-refractivity contribution < 1.29 is 0 Å². The summed E-state index contributed by atoms with van der Waals surface area (Å²) >= 11 is 0. The Morgan fingerprint density at radius 3 is 1.69 bits per heavy atom. The molecule has 0 saturated carbocycles. The van der Waals surface area contributed by atoms with Crippen molar-refractivity contribution in [2.45, 2.75) is 59.9 Å². The second-order valence-electron chi connectivity index (χ2n) is 5.45. The van der Waals surface area contributed by atoms with Gasteiger partial charge in [-0.1, -0.05) is 34.6 Å². The first-order valence-electron chi connectivity index (χ1n) is 6.64. The van der Waals surface area contributed by atoms with Crippen molar-refractivity contribution in [2.75, 3.05) is 13.1 Å². The van der Waals surface area contributed by atoms with Gasteiger partial charge in [0, 0.05) is 0 Å². The van der Waals surface area contributed by atoms with E-state index in [1.807, 2.05) is 0 Å². The number of hydrogen-bond donors (Lipinski definition) is 0. The van der Waals surface area contributed by atoms with E-state index in [1.54, 1.807) is 0 Å². The first kappa shape index (κ1) is 15.4. The van der Waals surface area contributed by atoms with Crippen LogP contribution in [0.3, 0.4) is 0 Å². The van der Waals surface area contributed by atoms with Crippen molar-refractivity contribution in [1.29, 1.82) is 5.26 Å². The predicted molar refractivity (Wildman–Crippen MR) is 70.2 cm³/mol. The maximum Gasteiger partial charge on any atom is 0.0975 e. The number of rotatable bonds is 8. The normalized spacial score (nSPS) is 13.4. The van der Waals surface area contributed by atoms with Crippen molar-refractivity contribution in [3.8, 4) is 6.07 Å². The van der Waals surface area contributed by atoms with E-state index < -0.39 is 0 Å². The summed E-state index contributed by atoms with van der Waals surface area (Å²) in [7, 11) is 0. The molecule has 0 aromatic carbocycles. The zero-order chi connectivity index (χ0) is 12.6. The summed E-state index contributed by atoms with van der Waals surface area (Å²) in [4.78, 5) is 2.36. The van der Waals surface area contributed by atoms with Crippen LogP contribution in [-0.2, 0) is 0 Å². The van der Waals surface area contributed by atoms with Crippen molar-refractivity contribution in [3.63, 3.8) is 0 Å². The highest BCUT2D eigenvalue weighted by Gasteiger charge is 2.16. The van der Waals surface area contributed by atoms with Crippen molar-refractivity contribution in [2.24, 2.45) is 11.8 Å². The predicted octanol–water partition coefficient (Wildman–Crippen LogP) is 3.68. The molecule has 0 bridgehead atoms. The molecule has 16 heavy (non-hydrogen) atoms. The smallest absolute Gasteiger partial charge is 0.0975 e. The molecule has 0 heterocycles. The molecular formula is C14H28N2. The van der Waals surface area contributed by atoms with Gasteiger partial charge in [-0.05, 0) is 44.2 Å². The summed E-state index contributed by atoms with van der Waals surface area (Å²) in [6.45, 7) is 13.2. The minimum atomic E-state index is 0.109. The van der Waals surface area contributed by atoms with Crippen LogP contribution in [0.1, 0.15) is 53.9 Å². The van der Waals surface area contributed by atoms with Gasteiger partial charge in [-0.3, -0.25) is 4.90 Å². The van der Waals surface area contributed by atoms with Crippen LogP contribution in [-0.4, -0.2) is 24.0 Å². The molecular weight excluding hydrogens is 196 g/mol. The van der Waals surface area contributed by atoms with Crippen LogP contribution >= 0.6 is 0 Å². The van der Waals surface area contributed by atoms with Gasteiger partial charge in [-0.2, -0.15) is 5.26 Å². The third kappa shape index (κ3) is 6.85. The van der Waals surface area contributed by atoms with Crippen LogP contribution < -0.4 is 0 Å². The van der Waals surface area contributed by atoms with Crippen LogP contribution in [0.25, 0.3) is 0 Å². The van der Waals surface area contributed by atoms with E-state index in [4.69, 9.17) is 5.26 Å². The summed E-state index contributed by atoms with van der Waals surface area (Å²) < 4.78 is 0. The van der Waals surface area contributed by atoms with Gasteiger partial charge >= 0.3 is 0 Å². The summed E-state index contributed by atoms with van der Waals surface area (Å²) in [6, 6.07) is 2.53. The molecule has 0 aliphatic heterocycles. The molecule has 0 spiro atoms. The minimum absolute atomic E-state index is 0.109. The fourth-order valence-corrected chi connectivity index (χ4v) is 1.70. The topological polar surface area (TPSA) is 27.0 Å². The molecule has 0 fully saturated rings. The summed E-state index contributed by atoms with van der Waals surface area (Å²) in [6.07, 6.45) is 3.32. The maximum atomic E-state index is 9.14. The quantitative estimate of drug-likeness (QED) is 0.629. The molecule has 94 valence electrons. The van der Waals surface area contributed by atoms with E-state index in [0.29, 0.717) is 0 Å². The summed E-state index contributed by atoms with van der Waals surface area (Å²) in [5, 5.41) is 9.14. The van der Waals surface area contributed by atoms with Crippen molar-refractivity contribution >= 4 is 0 Å². The molecule has 0 aliphatic carbocycles. The molecule has 2 heteroatoms. The van der Waals surface area contributed by atoms with E-state index in [9.17, 15) is 0 Å². The molecule has 0 aliphatic rings. The third-order valence-corrected chi connectivity index (χ3v) is 2.96. The minimum Gasteiger partial charge on any atom is -0.288 e. The SMILES string of the molecule is CCC(C#N)N(CCC(C)C)CCC(C)C. The monoisotopic (exact) mass is 224 g/mol. The van der Waals surface area contributed by atoms with Crippen LogP contribution in [0, 0.1) is 23.2 Å². The fraction of sp³-hybridized carbons (Fsp3) is 0.929. The van der Waals surface area contributed by atoms with Crippen molar-refractivity contribution in [1.82, 2.24) is 4.90 Å². The van der Waals surface area contributed by atoms with Crippen molar-refractivity contribution in [3.05, 3.63) is 0 Å². The van der Waals surface area contributed by atoms with Gasteiger partial charge in [0.25, 0.3) is 0 Å². The number of nitriles is 1. The Labute approximate surface area is 102 Å². The molecule has 0 aromatic heterocycles. The summed E-state index contributed by atoms with van der Waals surface area (Å²) in [5.41, 5.74) is 0. The molecule has 0 saturated heterocycles. The Bertz CT molecular complexity index is 191. The lowest BCUT2D eigenvalue weighted by Crippen LogP contribution is -2.36. The second kappa shape index (κ2) is 8.58. The third-order valence-electron chi connectivity index (χ3n) is 2.96. The molecule has 0 N–H and O–H groups in total. The van der Waals surface area contributed by atoms with Gasteiger partial charge in [0.2, 0.25) is 0 Å². The zero-order valence-corrected chi connectivity index (χ0v) is 11.7. The average Bonchev–Trinajstić information content (AvgIpc) is 2.22. The van der Waals surface area contributed by atoms with Gasteiger partial charge < -0.3 is 0 Å². The first-order valence-corrected chi connectivity index (χ1v) is 6.64. The van der Waals surface area contributed by atoms with Gasteiger partial charge in [0.05, 0.1) is 12.1 Å². The van der Waals surface area contributed by atoms with Crippen LogP contribution in [0.2, 0.25) is 0 Å². The van der Waals surface area contributed by atoms with Crippen LogP contribution in [0.15, 0.2) is 0 Å².